The van der Waals surface area contributed by atoms with Crippen LogP contribution in [0, 0.1) is 15.5 Å². The second-order valence-corrected chi connectivity index (χ2v) is 6.22. The van der Waals surface area contributed by atoms with Gasteiger partial charge in [-0.15, -0.1) is 0 Å². The number of benzene rings is 1. The maximum absolute atomic E-state index is 12.9. The molecule has 1 heterocycles. The van der Waals surface area contributed by atoms with E-state index in [-0.39, 0.29) is 16.5 Å². The Morgan fingerprint density at radius 2 is 1.79 bits per heavy atom. The number of carbonyl (C=O) groups is 1. The Morgan fingerprint density at radius 3 is 2.29 bits per heavy atom. The highest BCUT2D eigenvalue weighted by Crippen LogP contribution is 2.31. The van der Waals surface area contributed by atoms with Crippen molar-refractivity contribution >= 4 is 17.3 Å². The lowest BCUT2D eigenvalue weighted by Crippen LogP contribution is -2.55. The van der Waals surface area contributed by atoms with Gasteiger partial charge in [-0.2, -0.15) is 0 Å². The van der Waals surface area contributed by atoms with E-state index in [2.05, 4.69) is 0 Å². The summed E-state index contributed by atoms with van der Waals surface area (Å²) in [6.07, 6.45) is 1.45. The summed E-state index contributed by atoms with van der Waals surface area (Å²) in [5, 5.41) is 11.2. The van der Waals surface area contributed by atoms with Crippen molar-refractivity contribution in [3.05, 3.63) is 34.4 Å². The fourth-order valence-electron chi connectivity index (χ4n) is 3.30. The Labute approximate surface area is 142 Å². The molecular weight excluding hydrogens is 308 g/mol. The summed E-state index contributed by atoms with van der Waals surface area (Å²) < 4.78 is 0. The number of amides is 1. The first kappa shape index (κ1) is 18.2. The van der Waals surface area contributed by atoms with Gasteiger partial charge in [0.1, 0.15) is 5.69 Å². The molecule has 0 bridgehead atoms. The van der Waals surface area contributed by atoms with Crippen LogP contribution in [0.3, 0.4) is 0 Å². The van der Waals surface area contributed by atoms with Crippen molar-refractivity contribution in [2.45, 2.75) is 26.7 Å². The SMILES string of the molecule is CCC(CC)(CN)C(=O)N1CCN(c2ccccc2[N+](=O)[O-])CC1. The number of anilines is 1. The Bertz CT molecular complexity index is 585. The molecule has 2 rings (SSSR count). The predicted octanol–water partition coefficient (Wildman–Crippen LogP) is 2.01. The van der Waals surface area contributed by atoms with Crippen LogP contribution >= 0.6 is 0 Å². The second kappa shape index (κ2) is 7.61. The molecule has 1 amide bonds. The normalized spacial score (nSPS) is 15.5. The molecule has 132 valence electrons. The van der Waals surface area contributed by atoms with E-state index in [1.54, 1.807) is 18.2 Å². The highest BCUT2D eigenvalue weighted by Gasteiger charge is 2.38. The predicted molar refractivity (Wildman–Crippen MR) is 94.0 cm³/mol. The maximum atomic E-state index is 12.9. The van der Waals surface area contributed by atoms with Crippen molar-refractivity contribution in [1.29, 1.82) is 0 Å². The van der Waals surface area contributed by atoms with E-state index < -0.39 is 5.41 Å². The lowest BCUT2D eigenvalue weighted by Gasteiger charge is -2.40. The van der Waals surface area contributed by atoms with Crippen LogP contribution in [0.4, 0.5) is 11.4 Å². The highest BCUT2D eigenvalue weighted by atomic mass is 16.6. The van der Waals surface area contributed by atoms with E-state index in [0.29, 0.717) is 38.4 Å². The third-order valence-corrected chi connectivity index (χ3v) is 5.18. The minimum Gasteiger partial charge on any atom is -0.362 e. The lowest BCUT2D eigenvalue weighted by atomic mass is 9.81. The van der Waals surface area contributed by atoms with Crippen LogP contribution in [0.1, 0.15) is 26.7 Å². The molecule has 2 N–H and O–H groups in total. The number of piperazine rings is 1. The molecule has 7 nitrogen and oxygen atoms in total. The van der Waals surface area contributed by atoms with Gasteiger partial charge in [-0.1, -0.05) is 26.0 Å². The first-order valence-corrected chi connectivity index (χ1v) is 8.47. The van der Waals surface area contributed by atoms with Gasteiger partial charge in [0.15, 0.2) is 0 Å². The van der Waals surface area contributed by atoms with Gasteiger partial charge in [-0.05, 0) is 18.9 Å². The topological polar surface area (TPSA) is 92.7 Å². The van der Waals surface area contributed by atoms with E-state index in [1.807, 2.05) is 23.6 Å². The molecule has 7 heteroatoms. The zero-order valence-electron chi connectivity index (χ0n) is 14.4. The zero-order valence-corrected chi connectivity index (χ0v) is 14.4. The summed E-state index contributed by atoms with van der Waals surface area (Å²) in [7, 11) is 0. The molecule has 0 aromatic heterocycles. The minimum atomic E-state index is -0.485. The molecule has 1 aliphatic rings. The Kier molecular flexibility index (Phi) is 5.77. The van der Waals surface area contributed by atoms with Gasteiger partial charge in [0.2, 0.25) is 5.91 Å². The molecule has 0 saturated carbocycles. The standard InChI is InChI=1S/C17H26N4O3/c1-3-17(4-2,13-18)16(22)20-11-9-19(10-12-20)14-7-5-6-8-15(14)21(23)24/h5-8H,3-4,9-13,18H2,1-2H3. The number of nitro benzene ring substituents is 1. The molecule has 1 saturated heterocycles. The number of nitrogens with two attached hydrogens (primary N) is 1. The van der Waals surface area contributed by atoms with Crippen LogP contribution in [0.25, 0.3) is 0 Å². The van der Waals surface area contributed by atoms with E-state index >= 15 is 0 Å². The second-order valence-electron chi connectivity index (χ2n) is 6.22. The number of nitro groups is 1. The minimum absolute atomic E-state index is 0.107. The fraction of sp³-hybridized carbons (Fsp3) is 0.588. The molecule has 0 aliphatic carbocycles. The van der Waals surface area contributed by atoms with Crippen LogP contribution in [0.2, 0.25) is 0 Å². The number of rotatable bonds is 6. The third kappa shape index (κ3) is 3.36. The van der Waals surface area contributed by atoms with Gasteiger partial charge in [0.05, 0.1) is 10.3 Å². The highest BCUT2D eigenvalue weighted by molar-refractivity contribution is 5.83. The molecule has 0 spiro atoms. The molecule has 0 radical (unpaired) electrons. The van der Waals surface area contributed by atoms with Gasteiger partial charge in [-0.3, -0.25) is 14.9 Å². The van der Waals surface area contributed by atoms with Crippen molar-refractivity contribution in [3.63, 3.8) is 0 Å². The summed E-state index contributed by atoms with van der Waals surface area (Å²) in [6.45, 7) is 6.65. The average molecular weight is 334 g/mol. The first-order chi connectivity index (χ1) is 11.5. The molecule has 1 aliphatic heterocycles. The maximum Gasteiger partial charge on any atom is 0.292 e. The van der Waals surface area contributed by atoms with E-state index in [4.69, 9.17) is 5.73 Å². The Hall–Kier alpha value is -2.15. The number of hydrogen-bond acceptors (Lipinski definition) is 5. The van der Waals surface area contributed by atoms with Gasteiger partial charge in [0.25, 0.3) is 5.69 Å². The molecule has 1 aromatic carbocycles. The van der Waals surface area contributed by atoms with Gasteiger partial charge >= 0.3 is 0 Å². The van der Waals surface area contributed by atoms with Crippen molar-refractivity contribution in [2.75, 3.05) is 37.6 Å². The van der Waals surface area contributed by atoms with Gasteiger partial charge in [-0.25, -0.2) is 0 Å². The van der Waals surface area contributed by atoms with Crippen molar-refractivity contribution in [2.24, 2.45) is 11.1 Å². The van der Waals surface area contributed by atoms with Crippen LogP contribution in [-0.4, -0.2) is 48.5 Å². The molecular formula is C17H26N4O3. The average Bonchev–Trinajstić information content (AvgIpc) is 2.63. The van der Waals surface area contributed by atoms with E-state index in [9.17, 15) is 14.9 Å². The zero-order chi connectivity index (χ0) is 17.7. The lowest BCUT2D eigenvalue weighted by molar-refractivity contribution is -0.384. The summed E-state index contributed by atoms with van der Waals surface area (Å²) in [4.78, 5) is 27.5. The van der Waals surface area contributed by atoms with Crippen molar-refractivity contribution in [1.82, 2.24) is 4.90 Å². The Balaban J connectivity index is 2.09. The smallest absolute Gasteiger partial charge is 0.292 e. The van der Waals surface area contributed by atoms with Gasteiger partial charge in [0, 0.05) is 38.8 Å². The fourth-order valence-corrected chi connectivity index (χ4v) is 3.30. The van der Waals surface area contributed by atoms with Crippen LogP contribution in [0.15, 0.2) is 24.3 Å². The summed E-state index contributed by atoms with van der Waals surface area (Å²) >= 11 is 0. The van der Waals surface area contributed by atoms with Gasteiger partial charge < -0.3 is 15.5 Å². The van der Waals surface area contributed by atoms with E-state index in [0.717, 1.165) is 12.8 Å². The van der Waals surface area contributed by atoms with Crippen LogP contribution < -0.4 is 10.6 Å². The molecule has 0 atom stereocenters. The molecule has 0 unspecified atom stereocenters. The summed E-state index contributed by atoms with van der Waals surface area (Å²) in [5.74, 6) is 0.109. The summed E-state index contributed by atoms with van der Waals surface area (Å²) in [5.41, 5.74) is 6.11. The quantitative estimate of drug-likeness (QED) is 0.634. The number of carbonyl (C=O) groups excluding carboxylic acids is 1. The van der Waals surface area contributed by atoms with Crippen molar-refractivity contribution < 1.29 is 9.72 Å². The number of hydrogen-bond donors (Lipinski definition) is 1. The molecule has 1 fully saturated rings. The molecule has 1 aromatic rings. The Morgan fingerprint density at radius 1 is 1.21 bits per heavy atom. The van der Waals surface area contributed by atoms with Crippen molar-refractivity contribution in [3.8, 4) is 0 Å². The third-order valence-electron chi connectivity index (χ3n) is 5.18. The summed E-state index contributed by atoms with van der Waals surface area (Å²) in [6, 6.07) is 6.74. The number of nitrogens with zero attached hydrogens (tertiary/aromatic N) is 3. The van der Waals surface area contributed by atoms with Crippen LogP contribution in [-0.2, 0) is 4.79 Å². The first-order valence-electron chi connectivity index (χ1n) is 8.47. The van der Waals surface area contributed by atoms with E-state index in [1.165, 1.54) is 6.07 Å². The largest absolute Gasteiger partial charge is 0.362 e. The number of para-hydroxylation sites is 2. The molecule has 24 heavy (non-hydrogen) atoms. The van der Waals surface area contributed by atoms with Crippen LogP contribution in [0.5, 0.6) is 0 Å². The monoisotopic (exact) mass is 334 g/mol.